The molecule has 0 saturated heterocycles. The Balaban J connectivity index is 0. The molecule has 0 amide bonds. The first-order valence-electron chi connectivity index (χ1n) is 3.92. The molecular weight excluding hydrogens is 190 g/mol. The molecule has 0 fully saturated rings. The summed E-state index contributed by atoms with van der Waals surface area (Å²) in [7, 11) is 0. The van der Waals surface area contributed by atoms with Crippen molar-refractivity contribution in [1.29, 1.82) is 0 Å². The molecule has 0 aromatic rings. The van der Waals surface area contributed by atoms with Crippen LogP contribution >= 0.6 is 12.4 Å². The van der Waals surface area contributed by atoms with Crippen molar-refractivity contribution >= 4 is 12.4 Å². The van der Waals surface area contributed by atoms with Crippen molar-refractivity contribution in [3.05, 3.63) is 0 Å². The van der Waals surface area contributed by atoms with Gasteiger partial charge >= 0.3 is 66.5 Å². The Morgan fingerprint density at radius 1 is 1.10 bits per heavy atom. The zero-order chi connectivity index (χ0) is 7.11. The zero-order valence-electron chi connectivity index (χ0n) is 6.85. The zero-order valence-corrected chi connectivity index (χ0v) is 8.71. The first kappa shape index (κ1) is 13.4. The summed E-state index contributed by atoms with van der Waals surface area (Å²) in [6, 6.07) is 0. The van der Waals surface area contributed by atoms with Crippen LogP contribution in [-0.2, 0) is 15.7 Å². The molecule has 0 rings (SSSR count). The molecule has 0 aromatic carbocycles. The van der Waals surface area contributed by atoms with Gasteiger partial charge in [-0.25, -0.2) is 0 Å². The van der Waals surface area contributed by atoms with E-state index in [2.05, 4.69) is 29.6 Å². The maximum atomic E-state index is 4.49. The van der Waals surface area contributed by atoms with Gasteiger partial charge in [0.1, 0.15) is 0 Å². The molecule has 66 valence electrons. The van der Waals surface area contributed by atoms with Crippen LogP contribution in [0, 0.1) is 0 Å². The van der Waals surface area contributed by atoms with Crippen LogP contribution in [0.25, 0.3) is 0 Å². The monoisotopic (exact) mass is 208 g/mol. The second kappa shape index (κ2) is 9.80. The van der Waals surface area contributed by atoms with Gasteiger partial charge in [-0.2, -0.15) is 0 Å². The fourth-order valence-corrected chi connectivity index (χ4v) is 1.37. The number of unbranched alkanes of at least 4 members (excludes halogenated alkanes) is 1. The van der Waals surface area contributed by atoms with E-state index in [0.717, 1.165) is 0 Å². The number of hydrogen-bond donors (Lipinski definition) is 0. The van der Waals surface area contributed by atoms with E-state index in [-0.39, 0.29) is 12.4 Å². The van der Waals surface area contributed by atoms with Gasteiger partial charge in [-0.3, -0.25) is 0 Å². The molecule has 0 aliphatic carbocycles. The van der Waals surface area contributed by atoms with Gasteiger partial charge in [-0.05, 0) is 0 Å². The molecule has 10 heavy (non-hydrogen) atoms. The van der Waals surface area contributed by atoms with Gasteiger partial charge in [0.05, 0.1) is 0 Å². The third-order valence-corrected chi connectivity index (χ3v) is 2.05. The predicted octanol–water partition coefficient (Wildman–Crippen LogP) is 3.73. The molecule has 0 aliphatic rings. The number of halogens is 1. The summed E-state index contributed by atoms with van der Waals surface area (Å²) in [5.41, 5.74) is 0. The van der Waals surface area contributed by atoms with Crippen LogP contribution in [0.1, 0.15) is 46.0 Å². The summed E-state index contributed by atoms with van der Waals surface area (Å²) in [5.74, 6) is 0. The van der Waals surface area contributed by atoms with Crippen molar-refractivity contribution in [2.45, 2.75) is 50.8 Å². The third-order valence-electron chi connectivity index (χ3n) is 1.45. The minimum absolute atomic E-state index is 0. The number of hydrogen-bond acceptors (Lipinski definition) is 0. The average Bonchev–Trinajstić information content (AvgIpc) is 1.85. The standard InChI is InChI=1S/C8H17.ClH.Co/c1-3-5-7-8-6-4-2;;/h7H,3-6,8H2,1-2H3;1H;. The van der Waals surface area contributed by atoms with Crippen molar-refractivity contribution in [2.24, 2.45) is 0 Å². The fourth-order valence-electron chi connectivity index (χ4n) is 0.861. The number of rotatable bonds is 5. The van der Waals surface area contributed by atoms with Crippen molar-refractivity contribution in [1.82, 2.24) is 0 Å². The summed E-state index contributed by atoms with van der Waals surface area (Å²) in [4.78, 5) is 0.655. The summed E-state index contributed by atoms with van der Waals surface area (Å²) >= 11 is 4.49. The Morgan fingerprint density at radius 2 is 1.70 bits per heavy atom. The van der Waals surface area contributed by atoms with Crippen LogP contribution in [0.4, 0.5) is 0 Å². The van der Waals surface area contributed by atoms with Crippen molar-refractivity contribution in [3.63, 3.8) is 0 Å². The summed E-state index contributed by atoms with van der Waals surface area (Å²) in [6.45, 7) is 4.44. The van der Waals surface area contributed by atoms with E-state index in [1.165, 1.54) is 32.1 Å². The molecule has 0 bridgehead atoms. The van der Waals surface area contributed by atoms with E-state index in [4.69, 9.17) is 0 Å². The van der Waals surface area contributed by atoms with Gasteiger partial charge in [-0.15, -0.1) is 12.4 Å². The quantitative estimate of drug-likeness (QED) is 0.646. The molecule has 2 heteroatoms. The van der Waals surface area contributed by atoms with Crippen LogP contribution in [0.2, 0.25) is 4.85 Å². The molecule has 0 N–H and O–H groups in total. The van der Waals surface area contributed by atoms with Crippen LogP contribution < -0.4 is 0 Å². The molecule has 1 atom stereocenters. The van der Waals surface area contributed by atoms with Gasteiger partial charge in [-0.1, -0.05) is 0 Å². The van der Waals surface area contributed by atoms with Gasteiger partial charge in [0.25, 0.3) is 0 Å². The molecule has 0 heterocycles. The first-order chi connectivity index (χ1) is 4.31. The molecule has 1 unspecified atom stereocenters. The molecule has 0 spiro atoms. The van der Waals surface area contributed by atoms with Gasteiger partial charge in [0, 0.05) is 0 Å². The van der Waals surface area contributed by atoms with E-state index in [1.807, 2.05) is 0 Å². The molecule has 0 radical (unpaired) electrons. The van der Waals surface area contributed by atoms with Crippen molar-refractivity contribution < 1.29 is 15.7 Å². The van der Waals surface area contributed by atoms with E-state index in [0.29, 0.717) is 4.85 Å². The van der Waals surface area contributed by atoms with Crippen molar-refractivity contribution in [2.75, 3.05) is 0 Å². The Labute approximate surface area is 79.2 Å². The molecule has 0 saturated carbocycles. The van der Waals surface area contributed by atoms with Crippen LogP contribution in [0.15, 0.2) is 0 Å². The van der Waals surface area contributed by atoms with Crippen LogP contribution in [0.3, 0.4) is 0 Å². The maximum Gasteiger partial charge on any atom is -0.147 e. The van der Waals surface area contributed by atoms with Gasteiger partial charge < -0.3 is 0 Å². The van der Waals surface area contributed by atoms with Crippen LogP contribution in [0.5, 0.6) is 0 Å². The van der Waals surface area contributed by atoms with Gasteiger partial charge in [0.15, 0.2) is 0 Å². The Kier molecular flexibility index (Phi) is 13.1. The molecule has 0 aliphatic heterocycles. The maximum absolute atomic E-state index is 4.49. The average molecular weight is 209 g/mol. The smallest absolute Gasteiger partial charge is 0.147 e. The Morgan fingerprint density at radius 3 is 2.10 bits per heavy atom. The fraction of sp³-hybridized carbons (Fsp3) is 1.00. The topological polar surface area (TPSA) is 0 Å². The normalized spacial score (nSPS) is 12.4. The molecular formula is C8H18ClCo. The molecule has 0 aromatic heterocycles. The summed E-state index contributed by atoms with van der Waals surface area (Å²) in [6.07, 6.45) is 6.49. The minimum atomic E-state index is 0. The van der Waals surface area contributed by atoms with E-state index < -0.39 is 0 Å². The summed E-state index contributed by atoms with van der Waals surface area (Å²) in [5, 5.41) is 0. The predicted molar refractivity (Wildman–Crippen MR) is 45.4 cm³/mol. The Hall–Kier alpha value is 0.796. The largest absolute Gasteiger partial charge is 0.147 e. The second-order valence-electron chi connectivity index (χ2n) is 2.49. The third kappa shape index (κ3) is 8.80. The van der Waals surface area contributed by atoms with E-state index in [9.17, 15) is 0 Å². The minimum Gasteiger partial charge on any atom is -0.147 e. The van der Waals surface area contributed by atoms with Gasteiger partial charge in [0.2, 0.25) is 0 Å². The van der Waals surface area contributed by atoms with E-state index in [1.54, 1.807) is 0 Å². The van der Waals surface area contributed by atoms with Crippen LogP contribution in [-0.4, -0.2) is 0 Å². The summed E-state index contributed by atoms with van der Waals surface area (Å²) < 4.78 is 0. The van der Waals surface area contributed by atoms with Crippen molar-refractivity contribution in [3.8, 4) is 0 Å². The first-order valence-corrected chi connectivity index (χ1v) is 4.52. The molecule has 0 nitrogen and oxygen atoms in total. The van der Waals surface area contributed by atoms with E-state index >= 15 is 0 Å². The SMILES string of the molecule is CCCC[CH]([Co])CCC.Cl. The second-order valence-corrected chi connectivity index (χ2v) is 3.34. The Bertz CT molecular complexity index is 57.2.